The number of carboxylic acid groups (broad SMARTS) is 3. The van der Waals surface area contributed by atoms with Gasteiger partial charge in [-0.15, -0.1) is 6.42 Å². The average molecular weight is 634 g/mol. The minimum atomic E-state index is -1.51. The number of aryl methyl sites for hydroxylation is 1. The highest BCUT2D eigenvalue weighted by Crippen LogP contribution is 2.25. The van der Waals surface area contributed by atoms with E-state index >= 15 is 0 Å². The number of hydrogen-bond acceptors (Lipinski definition) is 8. The van der Waals surface area contributed by atoms with Gasteiger partial charge in [-0.05, 0) is 61.7 Å². The molecule has 0 saturated carbocycles. The summed E-state index contributed by atoms with van der Waals surface area (Å²) in [6.07, 6.45) is 4.35. The van der Waals surface area contributed by atoms with Gasteiger partial charge in [0.05, 0.1) is 17.4 Å². The molecule has 1 aromatic heterocycles. The zero-order valence-electron chi connectivity index (χ0n) is 25.5. The van der Waals surface area contributed by atoms with Crippen molar-refractivity contribution in [3.63, 3.8) is 0 Å². The van der Waals surface area contributed by atoms with E-state index in [0.29, 0.717) is 29.0 Å². The number of carbonyl (C=O) groups excluding carboxylic acids is 2. The number of amides is 2. The van der Waals surface area contributed by atoms with Crippen molar-refractivity contribution in [1.29, 1.82) is 0 Å². The molecule has 3 rings (SSSR count). The molecular weight excluding hydrogens is 598 g/mol. The summed E-state index contributed by atoms with van der Waals surface area (Å²) in [5.41, 5.74) is 0.452. The van der Waals surface area contributed by atoms with Gasteiger partial charge in [0.1, 0.15) is 17.9 Å². The molecule has 2 amide bonds. The van der Waals surface area contributed by atoms with E-state index < -0.39 is 53.6 Å². The summed E-state index contributed by atoms with van der Waals surface area (Å²) in [5.74, 6) is -2.52. The zero-order valence-corrected chi connectivity index (χ0v) is 25.5. The number of aromatic amines is 1. The Morgan fingerprint density at radius 1 is 1.00 bits per heavy atom. The number of carboxylic acids is 3. The molecule has 14 heteroatoms. The first kappa shape index (κ1) is 34.8. The van der Waals surface area contributed by atoms with Crippen molar-refractivity contribution in [3.8, 4) is 12.3 Å². The number of anilines is 1. The van der Waals surface area contributed by atoms with E-state index in [4.69, 9.17) is 11.5 Å². The van der Waals surface area contributed by atoms with E-state index in [9.17, 15) is 39.0 Å². The maximum absolute atomic E-state index is 13.0. The highest BCUT2D eigenvalue weighted by atomic mass is 16.4. The zero-order chi connectivity index (χ0) is 34.2. The molecule has 1 heterocycles. The SMILES string of the molecule is C#CCN(Cc1ccc2nc(C)[nH]c(=O)c2c1)c1ccc(C(=O)N[C@@H](CC(C)(C)C(=O)N[C@@H](CCC(=O)O)C(=O)O)C(=O)O)cc1. The minimum absolute atomic E-state index is 0.135. The van der Waals surface area contributed by atoms with E-state index in [1.807, 2.05) is 11.0 Å². The maximum Gasteiger partial charge on any atom is 0.326 e. The predicted molar refractivity (Wildman–Crippen MR) is 167 cm³/mol. The van der Waals surface area contributed by atoms with Gasteiger partial charge < -0.3 is 35.8 Å². The van der Waals surface area contributed by atoms with Gasteiger partial charge in [0, 0.05) is 29.6 Å². The number of carbonyl (C=O) groups is 5. The van der Waals surface area contributed by atoms with Crippen LogP contribution >= 0.6 is 0 Å². The van der Waals surface area contributed by atoms with Crippen LogP contribution in [-0.4, -0.2) is 73.6 Å². The molecule has 14 nitrogen and oxygen atoms in total. The fourth-order valence-electron chi connectivity index (χ4n) is 4.72. The van der Waals surface area contributed by atoms with Crippen molar-refractivity contribution in [1.82, 2.24) is 20.6 Å². The molecule has 3 aromatic rings. The van der Waals surface area contributed by atoms with E-state index in [-0.39, 0.29) is 30.5 Å². The lowest BCUT2D eigenvalue weighted by Gasteiger charge is -2.29. The minimum Gasteiger partial charge on any atom is -0.481 e. The Hall–Kier alpha value is -5.71. The van der Waals surface area contributed by atoms with Crippen molar-refractivity contribution >= 4 is 46.3 Å². The molecule has 0 fully saturated rings. The molecule has 0 radical (unpaired) electrons. The van der Waals surface area contributed by atoms with Gasteiger partial charge in [0.25, 0.3) is 11.5 Å². The lowest BCUT2D eigenvalue weighted by molar-refractivity contribution is -0.146. The van der Waals surface area contributed by atoms with Gasteiger partial charge in [-0.3, -0.25) is 19.2 Å². The molecule has 0 spiro atoms. The van der Waals surface area contributed by atoms with Crippen molar-refractivity contribution < 1.29 is 39.3 Å². The van der Waals surface area contributed by atoms with Crippen molar-refractivity contribution in [3.05, 3.63) is 69.8 Å². The summed E-state index contributed by atoms with van der Waals surface area (Å²) in [7, 11) is 0. The van der Waals surface area contributed by atoms with Gasteiger partial charge in [0.15, 0.2) is 0 Å². The van der Waals surface area contributed by atoms with Crippen LogP contribution in [-0.2, 0) is 25.7 Å². The third-order valence-electron chi connectivity index (χ3n) is 7.22. The number of aliphatic carboxylic acids is 3. The topological polar surface area (TPSA) is 219 Å². The maximum atomic E-state index is 13.0. The third kappa shape index (κ3) is 9.15. The number of rotatable bonds is 15. The van der Waals surface area contributed by atoms with Crippen molar-refractivity contribution in [2.24, 2.45) is 5.41 Å². The van der Waals surface area contributed by atoms with Crippen LogP contribution in [0.5, 0.6) is 0 Å². The average Bonchev–Trinajstić information content (AvgIpc) is 2.98. The second-order valence-corrected chi connectivity index (χ2v) is 11.4. The molecule has 6 N–H and O–H groups in total. The molecule has 2 atom stereocenters. The highest BCUT2D eigenvalue weighted by molar-refractivity contribution is 5.97. The Kier molecular flexibility index (Phi) is 11.2. The molecule has 0 aliphatic carbocycles. The molecule has 0 unspecified atom stereocenters. The molecule has 46 heavy (non-hydrogen) atoms. The van der Waals surface area contributed by atoms with Crippen LogP contribution in [0.2, 0.25) is 0 Å². The summed E-state index contributed by atoms with van der Waals surface area (Å²) in [5, 5.41) is 33.1. The fraction of sp³-hybridized carbons (Fsp3) is 0.344. The summed E-state index contributed by atoms with van der Waals surface area (Å²) in [4.78, 5) is 81.5. The second kappa shape index (κ2) is 14.8. The van der Waals surface area contributed by atoms with Crippen LogP contribution < -0.4 is 21.1 Å². The molecule has 242 valence electrons. The number of nitrogens with one attached hydrogen (secondary N) is 3. The largest absolute Gasteiger partial charge is 0.481 e. The van der Waals surface area contributed by atoms with Gasteiger partial charge >= 0.3 is 17.9 Å². The number of benzene rings is 2. The monoisotopic (exact) mass is 633 g/mol. The highest BCUT2D eigenvalue weighted by Gasteiger charge is 2.36. The predicted octanol–water partition coefficient (Wildman–Crippen LogP) is 1.90. The Labute approximate surface area is 263 Å². The number of H-pyrrole nitrogens is 1. The van der Waals surface area contributed by atoms with Crippen LogP contribution in [0.3, 0.4) is 0 Å². The number of nitrogens with zero attached hydrogens (tertiary/aromatic N) is 2. The smallest absolute Gasteiger partial charge is 0.326 e. The molecule has 0 saturated heterocycles. The van der Waals surface area contributed by atoms with Gasteiger partial charge in [-0.2, -0.15) is 0 Å². The number of fused-ring (bicyclic) bond motifs is 1. The summed E-state index contributed by atoms with van der Waals surface area (Å²) in [6.45, 7) is 5.03. The van der Waals surface area contributed by atoms with E-state index in [2.05, 4.69) is 26.5 Å². The van der Waals surface area contributed by atoms with Crippen molar-refractivity contribution in [2.45, 2.75) is 58.7 Å². The van der Waals surface area contributed by atoms with Crippen LogP contribution in [0, 0.1) is 24.7 Å². The van der Waals surface area contributed by atoms with E-state index in [1.54, 1.807) is 31.2 Å². The van der Waals surface area contributed by atoms with Crippen LogP contribution in [0.1, 0.15) is 54.9 Å². The first-order chi connectivity index (χ1) is 21.6. The normalized spacial score (nSPS) is 12.4. The van der Waals surface area contributed by atoms with Crippen LogP contribution in [0.15, 0.2) is 47.3 Å². The Balaban J connectivity index is 1.71. The molecule has 0 bridgehead atoms. The van der Waals surface area contributed by atoms with E-state index in [1.165, 1.54) is 26.0 Å². The second-order valence-electron chi connectivity index (χ2n) is 11.4. The summed E-state index contributed by atoms with van der Waals surface area (Å²) in [6, 6.07) is 8.58. The lowest BCUT2D eigenvalue weighted by atomic mass is 9.84. The summed E-state index contributed by atoms with van der Waals surface area (Å²) >= 11 is 0. The van der Waals surface area contributed by atoms with Crippen LogP contribution in [0.4, 0.5) is 5.69 Å². The standard InChI is InChI=1S/C32H35N5O9/c1-5-14-37(17-19-6-11-23-22(15-19)28(41)34-18(2)33-23)21-9-7-20(8-10-21)27(40)35-25(30(44)45)16-32(3,4)31(46)36-24(29(42)43)12-13-26(38)39/h1,6-11,15,24-25H,12-14,16-17H2,2-4H3,(H,35,40)(H,36,46)(H,38,39)(H,42,43)(H,44,45)(H,33,34,41)/t24-,25-/m0/s1. The van der Waals surface area contributed by atoms with Gasteiger partial charge in [-0.25, -0.2) is 14.6 Å². The molecule has 2 aromatic carbocycles. The third-order valence-corrected chi connectivity index (χ3v) is 7.22. The molecular formula is C32H35N5O9. The van der Waals surface area contributed by atoms with Crippen molar-refractivity contribution in [2.75, 3.05) is 11.4 Å². The number of aromatic nitrogens is 2. The molecule has 0 aliphatic rings. The van der Waals surface area contributed by atoms with Gasteiger partial charge in [-0.1, -0.05) is 25.8 Å². The van der Waals surface area contributed by atoms with Crippen LogP contribution in [0.25, 0.3) is 10.9 Å². The lowest BCUT2D eigenvalue weighted by Crippen LogP contribution is -2.50. The quantitative estimate of drug-likeness (QED) is 0.133. The van der Waals surface area contributed by atoms with Gasteiger partial charge in [0.2, 0.25) is 5.91 Å². The Bertz CT molecular complexity index is 1740. The summed E-state index contributed by atoms with van der Waals surface area (Å²) < 4.78 is 0. The number of hydrogen-bond donors (Lipinski definition) is 6. The first-order valence-corrected chi connectivity index (χ1v) is 14.2. The Morgan fingerprint density at radius 2 is 1.65 bits per heavy atom. The molecule has 0 aliphatic heterocycles. The number of terminal acetylenes is 1. The Morgan fingerprint density at radius 3 is 2.24 bits per heavy atom. The first-order valence-electron chi connectivity index (χ1n) is 14.2. The fourth-order valence-corrected chi connectivity index (χ4v) is 4.72. The van der Waals surface area contributed by atoms with E-state index in [0.717, 1.165) is 5.56 Å².